The molecule has 1 aliphatic rings. The number of ether oxygens (including phenoxy) is 3. The molecule has 2 aromatic carbocycles. The van der Waals surface area contributed by atoms with Crippen molar-refractivity contribution in [2.45, 2.75) is 64.5 Å². The van der Waals surface area contributed by atoms with Gasteiger partial charge in [-0.25, -0.2) is 9.97 Å². The summed E-state index contributed by atoms with van der Waals surface area (Å²) >= 11 is 0. The number of rotatable bonds is 7. The molecule has 2 atom stereocenters. The summed E-state index contributed by atoms with van der Waals surface area (Å²) in [5.74, 6) is 1.97. The van der Waals surface area contributed by atoms with Gasteiger partial charge in [0.2, 0.25) is 0 Å². The van der Waals surface area contributed by atoms with Crippen LogP contribution in [0.3, 0.4) is 0 Å². The minimum absolute atomic E-state index is 0.0361. The molecule has 1 unspecified atom stereocenters. The van der Waals surface area contributed by atoms with E-state index in [-0.39, 0.29) is 11.8 Å². The number of alkyl halides is 3. The van der Waals surface area contributed by atoms with Gasteiger partial charge in [-0.15, -0.1) is 0 Å². The molecule has 3 aromatic rings. The van der Waals surface area contributed by atoms with Crippen molar-refractivity contribution in [3.8, 4) is 11.5 Å². The summed E-state index contributed by atoms with van der Waals surface area (Å²) in [6, 6.07) is 6.56. The molecule has 7 nitrogen and oxygen atoms in total. The van der Waals surface area contributed by atoms with Gasteiger partial charge in [0.15, 0.2) is 11.5 Å². The summed E-state index contributed by atoms with van der Waals surface area (Å²) in [4.78, 5) is 9.05. The van der Waals surface area contributed by atoms with Crippen LogP contribution in [0, 0.1) is 6.92 Å². The molecule has 4 rings (SSSR count). The molecule has 1 fully saturated rings. The highest BCUT2D eigenvalue weighted by molar-refractivity contribution is 5.92. The molecule has 36 heavy (non-hydrogen) atoms. The predicted molar refractivity (Wildman–Crippen MR) is 132 cm³/mol. The smallest absolute Gasteiger partial charge is 0.416 e. The molecule has 0 aliphatic carbocycles. The van der Waals surface area contributed by atoms with E-state index in [1.54, 1.807) is 33.1 Å². The van der Waals surface area contributed by atoms with Crippen molar-refractivity contribution in [3.63, 3.8) is 0 Å². The average molecular weight is 505 g/mol. The minimum Gasteiger partial charge on any atom is -0.493 e. The number of hydrogen-bond donors (Lipinski definition) is 2. The number of nitrogen functional groups attached to an aromatic ring is 1. The highest BCUT2D eigenvalue weighted by atomic mass is 19.4. The Morgan fingerprint density at radius 3 is 2.50 bits per heavy atom. The molecule has 0 amide bonds. The zero-order valence-corrected chi connectivity index (χ0v) is 21.0. The summed E-state index contributed by atoms with van der Waals surface area (Å²) in [5, 5.41) is 3.88. The van der Waals surface area contributed by atoms with Crippen molar-refractivity contribution in [3.05, 3.63) is 47.3 Å². The number of aryl methyl sites for hydroxylation is 1. The van der Waals surface area contributed by atoms with Gasteiger partial charge >= 0.3 is 6.18 Å². The first-order chi connectivity index (χ1) is 16.9. The number of aromatic nitrogens is 2. The van der Waals surface area contributed by atoms with Crippen LogP contribution in [0.1, 0.15) is 56.6 Å². The molecule has 1 aromatic heterocycles. The van der Waals surface area contributed by atoms with Crippen molar-refractivity contribution >= 4 is 22.4 Å². The molecule has 3 N–H and O–H groups in total. The minimum atomic E-state index is -4.50. The Hall–Kier alpha value is -3.27. The van der Waals surface area contributed by atoms with Crippen molar-refractivity contribution < 1.29 is 27.4 Å². The lowest BCUT2D eigenvalue weighted by atomic mass is 9.98. The lowest BCUT2D eigenvalue weighted by molar-refractivity contribution is -0.137. The number of anilines is 2. The van der Waals surface area contributed by atoms with E-state index in [1.165, 1.54) is 6.07 Å². The highest BCUT2D eigenvalue weighted by Gasteiger charge is 2.36. The molecule has 1 aliphatic heterocycles. The fraction of sp³-hybridized carbons (Fsp3) is 0.462. The second-order valence-corrected chi connectivity index (χ2v) is 9.60. The van der Waals surface area contributed by atoms with Crippen LogP contribution < -0.4 is 20.5 Å². The maximum Gasteiger partial charge on any atom is 0.416 e. The number of halogens is 3. The summed E-state index contributed by atoms with van der Waals surface area (Å²) in [6.45, 7) is 8.13. The second kappa shape index (κ2) is 9.65. The molecular formula is C26H31F3N4O3. The van der Waals surface area contributed by atoms with Gasteiger partial charge in [-0.05, 0) is 70.4 Å². The number of nitrogens with one attached hydrogen (secondary N) is 1. The molecule has 0 saturated carbocycles. The number of hydrogen-bond acceptors (Lipinski definition) is 7. The molecule has 194 valence electrons. The second-order valence-electron chi connectivity index (χ2n) is 9.60. The number of nitrogens with two attached hydrogens (primary N) is 1. The summed E-state index contributed by atoms with van der Waals surface area (Å²) in [6.07, 6.45) is -2.68. The summed E-state index contributed by atoms with van der Waals surface area (Å²) in [5.41, 5.74) is 5.39. The van der Waals surface area contributed by atoms with Crippen LogP contribution >= 0.6 is 0 Å². The van der Waals surface area contributed by atoms with E-state index in [4.69, 9.17) is 19.9 Å². The zero-order chi connectivity index (χ0) is 26.3. The first-order valence-electron chi connectivity index (χ1n) is 11.8. The van der Waals surface area contributed by atoms with Crippen LogP contribution in [0.25, 0.3) is 10.9 Å². The third-order valence-corrected chi connectivity index (χ3v) is 6.33. The van der Waals surface area contributed by atoms with Gasteiger partial charge in [-0.1, -0.05) is 0 Å². The van der Waals surface area contributed by atoms with Gasteiger partial charge < -0.3 is 25.3 Å². The van der Waals surface area contributed by atoms with E-state index in [0.29, 0.717) is 46.2 Å². The fourth-order valence-electron chi connectivity index (χ4n) is 4.46. The molecule has 2 heterocycles. The van der Waals surface area contributed by atoms with Crippen LogP contribution in [0.2, 0.25) is 0 Å². The molecule has 0 spiro atoms. The normalized spacial score (nSPS) is 17.3. The molecule has 0 radical (unpaired) electrons. The van der Waals surface area contributed by atoms with Crippen LogP contribution in [0.4, 0.5) is 24.7 Å². The molecule has 1 saturated heterocycles. The largest absolute Gasteiger partial charge is 0.493 e. The number of benzene rings is 2. The first kappa shape index (κ1) is 25.8. The predicted octanol–water partition coefficient (Wildman–Crippen LogP) is 6.06. The summed E-state index contributed by atoms with van der Waals surface area (Å²) < 4.78 is 57.8. The zero-order valence-electron chi connectivity index (χ0n) is 21.0. The maximum absolute atomic E-state index is 13.3. The van der Waals surface area contributed by atoms with Crippen LogP contribution in [-0.4, -0.2) is 35.4 Å². The average Bonchev–Trinajstić information content (AvgIpc) is 3.34. The van der Waals surface area contributed by atoms with Crippen LogP contribution in [0.15, 0.2) is 30.3 Å². The van der Waals surface area contributed by atoms with Gasteiger partial charge in [-0.2, -0.15) is 13.2 Å². The van der Waals surface area contributed by atoms with E-state index in [2.05, 4.69) is 15.3 Å². The van der Waals surface area contributed by atoms with Gasteiger partial charge in [0.05, 0.1) is 30.3 Å². The Morgan fingerprint density at radius 2 is 1.86 bits per heavy atom. The van der Waals surface area contributed by atoms with Crippen molar-refractivity contribution in [1.29, 1.82) is 0 Å². The Bertz CT molecular complexity index is 1260. The lowest BCUT2D eigenvalue weighted by Gasteiger charge is -2.32. The Kier molecular flexibility index (Phi) is 6.92. The number of nitrogens with zero attached hydrogens (tertiary/aromatic N) is 2. The van der Waals surface area contributed by atoms with Crippen molar-refractivity contribution in [2.75, 3.05) is 24.8 Å². The standard InChI is InChI=1S/C26H31F3N4O3/c1-14(16-9-17(26(27,28)29)11-18(30)10-16)31-24-19-12-22(36-25(3,4)23-7-6-8-35-23)21(34-5)13-20(19)32-15(2)33-24/h9-14,23H,6-8,30H2,1-5H3,(H,31,32,33)/t14-,23?/m1/s1. The van der Waals surface area contributed by atoms with Crippen LogP contribution in [-0.2, 0) is 10.9 Å². The van der Waals surface area contributed by atoms with Crippen molar-refractivity contribution in [2.24, 2.45) is 0 Å². The fourth-order valence-corrected chi connectivity index (χ4v) is 4.46. The van der Waals surface area contributed by atoms with Gasteiger partial charge in [0, 0.05) is 23.7 Å². The Morgan fingerprint density at radius 1 is 1.11 bits per heavy atom. The lowest BCUT2D eigenvalue weighted by Crippen LogP contribution is -2.41. The SMILES string of the molecule is COc1cc2nc(C)nc(N[C@H](C)c3cc(N)cc(C(F)(F)F)c3)c2cc1OC(C)(C)C1CCCO1. The van der Waals surface area contributed by atoms with E-state index in [9.17, 15) is 13.2 Å². The Labute approximate surface area is 208 Å². The molecular weight excluding hydrogens is 473 g/mol. The quantitative estimate of drug-likeness (QED) is 0.378. The van der Waals surface area contributed by atoms with E-state index < -0.39 is 23.4 Å². The third-order valence-electron chi connectivity index (χ3n) is 6.33. The van der Waals surface area contributed by atoms with Crippen molar-refractivity contribution in [1.82, 2.24) is 9.97 Å². The highest BCUT2D eigenvalue weighted by Crippen LogP contribution is 2.39. The molecule has 10 heteroatoms. The van der Waals surface area contributed by atoms with Gasteiger partial charge in [-0.3, -0.25) is 0 Å². The topological polar surface area (TPSA) is 91.5 Å². The van der Waals surface area contributed by atoms with Crippen LogP contribution in [0.5, 0.6) is 11.5 Å². The van der Waals surface area contributed by atoms with E-state index in [1.807, 2.05) is 13.8 Å². The van der Waals surface area contributed by atoms with E-state index in [0.717, 1.165) is 25.0 Å². The monoisotopic (exact) mass is 504 g/mol. The third kappa shape index (κ3) is 5.43. The summed E-state index contributed by atoms with van der Waals surface area (Å²) in [7, 11) is 1.56. The number of fused-ring (bicyclic) bond motifs is 1. The maximum atomic E-state index is 13.3. The number of methoxy groups -OCH3 is 1. The molecule has 0 bridgehead atoms. The Balaban J connectivity index is 1.72. The van der Waals surface area contributed by atoms with E-state index >= 15 is 0 Å². The first-order valence-corrected chi connectivity index (χ1v) is 11.8. The van der Waals surface area contributed by atoms with Gasteiger partial charge in [0.1, 0.15) is 17.2 Å². The van der Waals surface area contributed by atoms with Gasteiger partial charge in [0.25, 0.3) is 0 Å².